The Morgan fingerprint density at radius 2 is 1.55 bits per heavy atom. The number of esters is 1. The van der Waals surface area contributed by atoms with Crippen LogP contribution in [0, 0.1) is 0 Å². The summed E-state index contributed by atoms with van der Waals surface area (Å²) < 4.78 is 11.8. The predicted octanol–water partition coefficient (Wildman–Crippen LogP) is 7.58. The van der Waals surface area contributed by atoms with Gasteiger partial charge in [0.15, 0.2) is 0 Å². The third kappa shape index (κ3) is 8.80. The average Bonchev–Trinajstić information content (AvgIpc) is 2.74. The normalized spacial score (nSPS) is 19.1. The lowest BCUT2D eigenvalue weighted by molar-refractivity contribution is -0.151. The maximum atomic E-state index is 12.5. The van der Waals surface area contributed by atoms with E-state index in [9.17, 15) is 4.79 Å². The summed E-state index contributed by atoms with van der Waals surface area (Å²) in [5.74, 6) is 1.19. The van der Waals surface area contributed by atoms with Gasteiger partial charge in [0.25, 0.3) is 0 Å². The summed E-state index contributed by atoms with van der Waals surface area (Å²) in [5, 5.41) is 0. The lowest BCUT2D eigenvalue weighted by atomic mass is 9.81. The van der Waals surface area contributed by atoms with Crippen LogP contribution in [0.25, 0.3) is 0 Å². The first-order chi connectivity index (χ1) is 14.3. The zero-order valence-corrected chi connectivity index (χ0v) is 18.8. The van der Waals surface area contributed by atoms with Crippen LogP contribution in [-0.4, -0.2) is 18.7 Å². The Hall–Kier alpha value is -1.51. The minimum atomic E-state index is -0.0151. The molecule has 3 nitrogen and oxygen atoms in total. The van der Waals surface area contributed by atoms with E-state index in [1.54, 1.807) is 0 Å². The molecule has 1 aliphatic carbocycles. The lowest BCUT2D eigenvalue weighted by Gasteiger charge is -2.32. The molecule has 1 saturated carbocycles. The van der Waals surface area contributed by atoms with Crippen LogP contribution in [0.5, 0.6) is 5.75 Å². The first-order valence-corrected chi connectivity index (χ1v) is 12.2. The molecule has 1 aliphatic rings. The van der Waals surface area contributed by atoms with Gasteiger partial charge in [-0.15, -0.1) is 0 Å². The van der Waals surface area contributed by atoms with Crippen molar-refractivity contribution in [3.05, 3.63) is 29.8 Å². The molecule has 0 spiro atoms. The second-order valence-electron chi connectivity index (χ2n) is 8.47. The number of unbranched alkanes of at least 4 members (excludes halogenated alkanes) is 8. The Morgan fingerprint density at radius 3 is 2.28 bits per heavy atom. The van der Waals surface area contributed by atoms with Gasteiger partial charge in [-0.1, -0.05) is 82.9 Å². The minimum Gasteiger partial charge on any atom is -0.494 e. The van der Waals surface area contributed by atoms with E-state index >= 15 is 0 Å². The fourth-order valence-corrected chi connectivity index (χ4v) is 4.48. The van der Waals surface area contributed by atoms with Crippen LogP contribution >= 0.6 is 0 Å². The van der Waals surface area contributed by atoms with Crippen molar-refractivity contribution in [2.24, 2.45) is 0 Å². The average molecular weight is 403 g/mol. The van der Waals surface area contributed by atoms with Crippen molar-refractivity contribution in [2.45, 2.75) is 116 Å². The zero-order valence-electron chi connectivity index (χ0n) is 18.8. The molecule has 1 aromatic carbocycles. The molecule has 0 N–H and O–H groups in total. The van der Waals surface area contributed by atoms with Crippen LogP contribution in [0.4, 0.5) is 0 Å². The number of carbonyl (C=O) groups is 1. The van der Waals surface area contributed by atoms with Crippen molar-refractivity contribution >= 4 is 5.97 Å². The Balaban J connectivity index is 1.72. The molecule has 29 heavy (non-hydrogen) atoms. The molecule has 1 aromatic rings. The Bertz CT molecular complexity index is 569. The largest absolute Gasteiger partial charge is 0.494 e. The lowest BCUT2D eigenvalue weighted by Crippen LogP contribution is -2.29. The van der Waals surface area contributed by atoms with Gasteiger partial charge in [0.05, 0.1) is 6.61 Å². The SMILES string of the molecule is CCCCCCCCCCCC(=O)OC1CCCCC1c1ccccc1OCC. The molecule has 2 rings (SSSR count). The Morgan fingerprint density at radius 1 is 0.897 bits per heavy atom. The van der Waals surface area contributed by atoms with Gasteiger partial charge in [0.2, 0.25) is 0 Å². The van der Waals surface area contributed by atoms with Crippen molar-refractivity contribution in [3.8, 4) is 5.75 Å². The molecule has 3 heteroatoms. The van der Waals surface area contributed by atoms with Gasteiger partial charge in [-0.05, 0) is 38.7 Å². The van der Waals surface area contributed by atoms with Crippen LogP contribution in [0.1, 0.15) is 115 Å². The molecule has 2 unspecified atom stereocenters. The van der Waals surface area contributed by atoms with E-state index in [1.807, 2.05) is 19.1 Å². The molecule has 0 aromatic heterocycles. The fraction of sp³-hybridized carbons (Fsp3) is 0.731. The quantitative estimate of drug-likeness (QED) is 0.238. The van der Waals surface area contributed by atoms with Crippen molar-refractivity contribution in [1.29, 1.82) is 0 Å². The molecule has 0 saturated heterocycles. The third-order valence-corrected chi connectivity index (χ3v) is 6.09. The van der Waals surface area contributed by atoms with E-state index in [1.165, 1.54) is 56.9 Å². The van der Waals surface area contributed by atoms with Gasteiger partial charge >= 0.3 is 5.97 Å². The summed E-state index contributed by atoms with van der Waals surface area (Å²) in [4.78, 5) is 12.5. The van der Waals surface area contributed by atoms with Crippen LogP contribution in [0.3, 0.4) is 0 Å². The smallest absolute Gasteiger partial charge is 0.306 e. The molecule has 0 aliphatic heterocycles. The second-order valence-corrected chi connectivity index (χ2v) is 8.47. The number of hydrogen-bond acceptors (Lipinski definition) is 3. The van der Waals surface area contributed by atoms with Crippen LogP contribution < -0.4 is 4.74 Å². The molecule has 164 valence electrons. The maximum absolute atomic E-state index is 12.5. The predicted molar refractivity (Wildman–Crippen MR) is 121 cm³/mol. The van der Waals surface area contributed by atoms with Gasteiger partial charge in [-0.3, -0.25) is 4.79 Å². The van der Waals surface area contributed by atoms with E-state index in [-0.39, 0.29) is 18.0 Å². The molecular weight excluding hydrogens is 360 g/mol. The number of carbonyl (C=O) groups excluding carboxylic acids is 1. The number of ether oxygens (including phenoxy) is 2. The van der Waals surface area contributed by atoms with Gasteiger partial charge < -0.3 is 9.47 Å². The summed E-state index contributed by atoms with van der Waals surface area (Å²) in [6.45, 7) is 4.93. The molecule has 0 bridgehead atoms. The molecule has 0 heterocycles. The van der Waals surface area contributed by atoms with Gasteiger partial charge in [-0.25, -0.2) is 0 Å². The van der Waals surface area contributed by atoms with Crippen molar-refractivity contribution in [1.82, 2.24) is 0 Å². The van der Waals surface area contributed by atoms with Crippen LogP contribution in [0.2, 0.25) is 0 Å². The molecule has 0 amide bonds. The summed E-state index contributed by atoms with van der Waals surface area (Å²) in [7, 11) is 0. The highest BCUT2D eigenvalue weighted by Crippen LogP contribution is 2.39. The minimum absolute atomic E-state index is 0.00331. The second kappa shape index (κ2) is 14.5. The van der Waals surface area contributed by atoms with Crippen molar-refractivity contribution in [2.75, 3.05) is 6.61 Å². The summed E-state index contributed by atoms with van der Waals surface area (Å²) in [6, 6.07) is 8.26. The van der Waals surface area contributed by atoms with E-state index in [2.05, 4.69) is 19.1 Å². The number of benzene rings is 1. The Kier molecular flexibility index (Phi) is 11.9. The van der Waals surface area contributed by atoms with Gasteiger partial charge in [0, 0.05) is 17.9 Å². The molecule has 0 radical (unpaired) electrons. The van der Waals surface area contributed by atoms with Crippen molar-refractivity contribution < 1.29 is 14.3 Å². The number of para-hydroxylation sites is 1. The zero-order chi connectivity index (χ0) is 20.7. The standard InChI is InChI=1S/C26H42O3/c1-3-5-6-7-8-9-10-11-12-21-26(27)29-25-20-16-14-18-23(25)22-17-13-15-19-24(22)28-4-2/h13,15,17,19,23,25H,3-12,14,16,18,20-21H2,1-2H3. The molecule has 2 atom stereocenters. The van der Waals surface area contributed by atoms with E-state index in [4.69, 9.17) is 9.47 Å². The topological polar surface area (TPSA) is 35.5 Å². The van der Waals surface area contributed by atoms with Gasteiger partial charge in [0.1, 0.15) is 11.9 Å². The highest BCUT2D eigenvalue weighted by Gasteiger charge is 2.31. The van der Waals surface area contributed by atoms with Crippen molar-refractivity contribution in [3.63, 3.8) is 0 Å². The van der Waals surface area contributed by atoms with Gasteiger partial charge in [-0.2, -0.15) is 0 Å². The van der Waals surface area contributed by atoms with E-state index in [0.717, 1.165) is 37.9 Å². The Labute approximate surface area is 178 Å². The monoisotopic (exact) mass is 402 g/mol. The summed E-state index contributed by atoms with van der Waals surface area (Å²) in [5.41, 5.74) is 1.20. The van der Waals surface area contributed by atoms with Crippen LogP contribution in [0.15, 0.2) is 24.3 Å². The summed E-state index contributed by atoms with van der Waals surface area (Å²) in [6.07, 6.45) is 16.3. The fourth-order valence-electron chi connectivity index (χ4n) is 4.48. The number of rotatable bonds is 14. The maximum Gasteiger partial charge on any atom is 0.306 e. The van der Waals surface area contributed by atoms with E-state index < -0.39 is 0 Å². The third-order valence-electron chi connectivity index (χ3n) is 6.09. The first kappa shape index (κ1) is 23.8. The highest BCUT2D eigenvalue weighted by atomic mass is 16.5. The highest BCUT2D eigenvalue weighted by molar-refractivity contribution is 5.69. The first-order valence-electron chi connectivity index (χ1n) is 12.2. The summed E-state index contributed by atoms with van der Waals surface area (Å²) >= 11 is 0. The van der Waals surface area contributed by atoms with Crippen LogP contribution in [-0.2, 0) is 9.53 Å². The molecule has 1 fully saturated rings. The molecular formula is C26H42O3. The van der Waals surface area contributed by atoms with E-state index in [0.29, 0.717) is 13.0 Å². The number of hydrogen-bond donors (Lipinski definition) is 0.